The Morgan fingerprint density at radius 2 is 2.19 bits per heavy atom. The molecule has 0 saturated heterocycles. The fourth-order valence-electron chi connectivity index (χ4n) is 1.38. The first-order valence-corrected chi connectivity index (χ1v) is 4.79. The van der Waals surface area contributed by atoms with Gasteiger partial charge in [0.2, 0.25) is 0 Å². The predicted octanol–water partition coefficient (Wildman–Crippen LogP) is 2.04. The van der Waals surface area contributed by atoms with E-state index in [0.717, 1.165) is 6.08 Å². The highest BCUT2D eigenvalue weighted by molar-refractivity contribution is 5.91. The van der Waals surface area contributed by atoms with Crippen LogP contribution in [-0.2, 0) is 11.2 Å². The summed E-state index contributed by atoms with van der Waals surface area (Å²) in [4.78, 5) is 22.0. The van der Waals surface area contributed by atoms with Gasteiger partial charge in [0, 0.05) is 11.6 Å². The smallest absolute Gasteiger partial charge is 0.336 e. The second-order valence-corrected chi connectivity index (χ2v) is 3.07. The van der Waals surface area contributed by atoms with Crippen molar-refractivity contribution in [1.29, 1.82) is 0 Å². The van der Waals surface area contributed by atoms with Crippen LogP contribution in [0.2, 0.25) is 0 Å². The molecule has 0 aliphatic heterocycles. The van der Waals surface area contributed by atoms with Crippen LogP contribution in [0.3, 0.4) is 0 Å². The average Bonchev–Trinajstić information content (AvgIpc) is 2.28. The molecule has 0 amide bonds. The number of rotatable bonds is 4. The maximum absolute atomic E-state index is 11.0. The second kappa shape index (κ2) is 5.11. The molecule has 84 valence electrons. The quantitative estimate of drug-likeness (QED) is 0.479. The van der Waals surface area contributed by atoms with Crippen molar-refractivity contribution in [3.05, 3.63) is 42.0 Å². The van der Waals surface area contributed by atoms with Crippen LogP contribution >= 0.6 is 0 Å². The van der Waals surface area contributed by atoms with Crippen molar-refractivity contribution in [2.24, 2.45) is 0 Å². The number of esters is 1. The van der Waals surface area contributed by atoms with Crippen LogP contribution < -0.4 is 4.74 Å². The number of carboxylic acid groups (broad SMARTS) is 1. The van der Waals surface area contributed by atoms with E-state index in [9.17, 15) is 9.59 Å². The third-order valence-electron chi connectivity index (χ3n) is 2.09. The number of carbonyl (C=O) groups is 2. The van der Waals surface area contributed by atoms with E-state index in [2.05, 4.69) is 6.58 Å². The van der Waals surface area contributed by atoms with Crippen LogP contribution in [0.1, 0.15) is 22.8 Å². The third kappa shape index (κ3) is 2.48. The van der Waals surface area contributed by atoms with Crippen LogP contribution in [0.4, 0.5) is 0 Å². The SMILES string of the molecule is C=CC(=O)Oc1cccc(C(=O)O)c1CC. The molecule has 1 aromatic rings. The first kappa shape index (κ1) is 12.0. The van der Waals surface area contributed by atoms with Gasteiger partial charge in [0.05, 0.1) is 5.56 Å². The molecule has 0 bridgehead atoms. The van der Waals surface area contributed by atoms with Gasteiger partial charge >= 0.3 is 11.9 Å². The van der Waals surface area contributed by atoms with Crippen molar-refractivity contribution in [2.75, 3.05) is 0 Å². The molecule has 0 aliphatic carbocycles. The lowest BCUT2D eigenvalue weighted by atomic mass is 10.0. The molecule has 0 saturated carbocycles. The Morgan fingerprint density at radius 1 is 1.50 bits per heavy atom. The summed E-state index contributed by atoms with van der Waals surface area (Å²) < 4.78 is 4.96. The van der Waals surface area contributed by atoms with Crippen molar-refractivity contribution < 1.29 is 19.4 Å². The summed E-state index contributed by atoms with van der Waals surface area (Å²) in [6.45, 7) is 5.08. The fourth-order valence-corrected chi connectivity index (χ4v) is 1.38. The summed E-state index contributed by atoms with van der Waals surface area (Å²) in [5.41, 5.74) is 0.655. The van der Waals surface area contributed by atoms with Crippen molar-refractivity contribution in [2.45, 2.75) is 13.3 Å². The Hall–Kier alpha value is -2.10. The standard InChI is InChI=1S/C12H12O4/c1-3-8-9(12(14)15)6-5-7-10(8)16-11(13)4-2/h4-7H,2-3H2,1H3,(H,14,15). The lowest BCUT2D eigenvalue weighted by Crippen LogP contribution is -2.09. The van der Waals surface area contributed by atoms with Crippen LogP contribution in [0, 0.1) is 0 Å². The van der Waals surface area contributed by atoms with E-state index in [-0.39, 0.29) is 11.3 Å². The summed E-state index contributed by atoms with van der Waals surface area (Å²) in [5.74, 6) is -1.36. The van der Waals surface area contributed by atoms with E-state index >= 15 is 0 Å². The number of hydrogen-bond acceptors (Lipinski definition) is 3. The third-order valence-corrected chi connectivity index (χ3v) is 2.09. The van der Waals surface area contributed by atoms with Gasteiger partial charge in [-0.05, 0) is 18.6 Å². The van der Waals surface area contributed by atoms with Gasteiger partial charge in [0.1, 0.15) is 5.75 Å². The molecule has 0 aromatic heterocycles. The fraction of sp³-hybridized carbons (Fsp3) is 0.167. The maximum Gasteiger partial charge on any atom is 0.336 e. The largest absolute Gasteiger partial charge is 0.478 e. The van der Waals surface area contributed by atoms with Gasteiger partial charge < -0.3 is 9.84 Å². The van der Waals surface area contributed by atoms with E-state index < -0.39 is 11.9 Å². The molecule has 1 aromatic carbocycles. The minimum absolute atomic E-state index is 0.150. The molecule has 1 N–H and O–H groups in total. The Kier molecular flexibility index (Phi) is 3.83. The molecule has 4 nitrogen and oxygen atoms in total. The molecule has 4 heteroatoms. The summed E-state index contributed by atoms with van der Waals surface area (Å²) >= 11 is 0. The first-order chi connectivity index (χ1) is 7.60. The molecule has 1 rings (SSSR count). The van der Waals surface area contributed by atoms with Crippen molar-refractivity contribution in [3.8, 4) is 5.75 Å². The topological polar surface area (TPSA) is 63.6 Å². The van der Waals surface area contributed by atoms with Gasteiger partial charge in [0.15, 0.2) is 0 Å². The number of ether oxygens (including phenoxy) is 1. The van der Waals surface area contributed by atoms with E-state index in [1.54, 1.807) is 13.0 Å². The van der Waals surface area contributed by atoms with Crippen molar-refractivity contribution in [1.82, 2.24) is 0 Å². The zero-order valence-electron chi connectivity index (χ0n) is 8.90. The molecule has 0 aliphatic rings. The molecule has 0 heterocycles. The van der Waals surface area contributed by atoms with E-state index in [1.807, 2.05) is 0 Å². The monoisotopic (exact) mass is 220 g/mol. The molecular weight excluding hydrogens is 208 g/mol. The Bertz CT molecular complexity index is 435. The van der Waals surface area contributed by atoms with Gasteiger partial charge in [-0.15, -0.1) is 0 Å². The zero-order chi connectivity index (χ0) is 12.1. The van der Waals surface area contributed by atoms with Crippen LogP contribution in [0.5, 0.6) is 5.75 Å². The molecule has 0 unspecified atom stereocenters. The van der Waals surface area contributed by atoms with Crippen LogP contribution in [0.15, 0.2) is 30.9 Å². The highest BCUT2D eigenvalue weighted by atomic mass is 16.5. The zero-order valence-corrected chi connectivity index (χ0v) is 8.90. The highest BCUT2D eigenvalue weighted by Crippen LogP contribution is 2.23. The van der Waals surface area contributed by atoms with Gasteiger partial charge in [-0.2, -0.15) is 0 Å². The predicted molar refractivity (Wildman–Crippen MR) is 58.6 cm³/mol. The first-order valence-electron chi connectivity index (χ1n) is 4.79. The lowest BCUT2D eigenvalue weighted by Gasteiger charge is -2.09. The second-order valence-electron chi connectivity index (χ2n) is 3.07. The lowest BCUT2D eigenvalue weighted by molar-refractivity contribution is -0.129. The van der Waals surface area contributed by atoms with Gasteiger partial charge in [0.25, 0.3) is 0 Å². The van der Waals surface area contributed by atoms with Crippen LogP contribution in [0.25, 0.3) is 0 Å². The molecule has 0 fully saturated rings. The Labute approximate surface area is 93.2 Å². The number of carboxylic acids is 1. The summed E-state index contributed by atoms with van der Waals surface area (Å²) in [5, 5.41) is 8.95. The minimum atomic E-state index is -1.03. The van der Waals surface area contributed by atoms with E-state index in [1.165, 1.54) is 12.1 Å². The molecule has 0 radical (unpaired) electrons. The van der Waals surface area contributed by atoms with E-state index in [0.29, 0.717) is 12.0 Å². The molecule has 0 atom stereocenters. The van der Waals surface area contributed by atoms with Gasteiger partial charge in [-0.1, -0.05) is 19.6 Å². The Balaban J connectivity index is 3.18. The van der Waals surface area contributed by atoms with Gasteiger partial charge in [-0.3, -0.25) is 0 Å². The summed E-state index contributed by atoms with van der Waals surface area (Å²) in [7, 11) is 0. The molecular formula is C12H12O4. The Morgan fingerprint density at radius 3 is 2.69 bits per heavy atom. The van der Waals surface area contributed by atoms with Crippen LogP contribution in [-0.4, -0.2) is 17.0 Å². The van der Waals surface area contributed by atoms with Gasteiger partial charge in [-0.25, -0.2) is 9.59 Å². The number of aromatic carboxylic acids is 1. The minimum Gasteiger partial charge on any atom is -0.478 e. The van der Waals surface area contributed by atoms with E-state index in [4.69, 9.17) is 9.84 Å². The number of benzene rings is 1. The number of carbonyl (C=O) groups excluding carboxylic acids is 1. The van der Waals surface area contributed by atoms with Crippen molar-refractivity contribution >= 4 is 11.9 Å². The highest BCUT2D eigenvalue weighted by Gasteiger charge is 2.14. The summed E-state index contributed by atoms with van der Waals surface area (Å²) in [6.07, 6.45) is 1.51. The van der Waals surface area contributed by atoms with Crippen molar-refractivity contribution in [3.63, 3.8) is 0 Å². The summed E-state index contributed by atoms with van der Waals surface area (Å²) in [6, 6.07) is 4.58. The molecule has 16 heavy (non-hydrogen) atoms. The molecule has 0 spiro atoms. The average molecular weight is 220 g/mol. The maximum atomic E-state index is 11.0. The number of hydrogen-bond donors (Lipinski definition) is 1. The normalized spacial score (nSPS) is 9.56.